The molecule has 8 heavy (non-hydrogen) atoms. The Morgan fingerprint density at radius 2 is 2.00 bits per heavy atom. The van der Waals surface area contributed by atoms with Crippen LogP contribution in [-0.4, -0.2) is 19.3 Å². The summed E-state index contributed by atoms with van der Waals surface area (Å²) in [7, 11) is 0. The van der Waals surface area contributed by atoms with Crippen molar-refractivity contribution in [1.82, 2.24) is 0 Å². The Labute approximate surface area is 54.8 Å². The Bertz CT molecular complexity index is 61.4. The van der Waals surface area contributed by atoms with Gasteiger partial charge in [-0.05, 0) is 25.8 Å². The molecule has 0 aliphatic carbocycles. The Morgan fingerprint density at radius 3 is 2.38 bits per heavy atom. The Balaban J connectivity index is 2.13. The van der Waals surface area contributed by atoms with Crippen molar-refractivity contribution < 1.29 is 8.92 Å². The zero-order valence-corrected chi connectivity index (χ0v) is 5.56. The molecule has 0 saturated carbocycles. The summed E-state index contributed by atoms with van der Waals surface area (Å²) in [5, 5.41) is 0. The number of rotatable bonds is 1. The first-order valence-corrected chi connectivity index (χ1v) is 3.18. The van der Waals surface area contributed by atoms with Gasteiger partial charge in [0.25, 0.3) is 0 Å². The van der Waals surface area contributed by atoms with Crippen molar-refractivity contribution in [2.75, 3.05) is 13.2 Å². The van der Waals surface area contributed by atoms with Gasteiger partial charge in [-0.1, -0.05) is 0 Å². The molecule has 1 rings (SSSR count). The zero-order chi connectivity index (χ0) is 5.82. The average molecular weight is 134 g/mol. The van der Waals surface area contributed by atoms with Crippen molar-refractivity contribution in [1.29, 1.82) is 0 Å². The molecule has 2 nitrogen and oxygen atoms in total. The van der Waals surface area contributed by atoms with Gasteiger partial charge >= 0.3 is 0 Å². The van der Waals surface area contributed by atoms with E-state index in [0.29, 0.717) is 6.10 Å². The minimum absolute atomic E-state index is 0.326. The lowest BCUT2D eigenvalue weighted by Crippen LogP contribution is -2.20. The van der Waals surface area contributed by atoms with E-state index in [-0.39, 0.29) is 0 Å². The molecule has 0 aromatic heterocycles. The van der Waals surface area contributed by atoms with Gasteiger partial charge in [0.2, 0.25) is 0 Å². The van der Waals surface area contributed by atoms with E-state index in [1.807, 2.05) is 0 Å². The molecular formula is C5H10O2S. The SMILES string of the molecule is SOC1CCOCC1. The molecule has 0 spiro atoms. The Hall–Kier alpha value is 0.270. The topological polar surface area (TPSA) is 18.5 Å². The first kappa shape index (κ1) is 6.39. The zero-order valence-electron chi connectivity index (χ0n) is 4.67. The molecule has 0 unspecified atom stereocenters. The van der Waals surface area contributed by atoms with Gasteiger partial charge in [0.1, 0.15) is 0 Å². The third-order valence-electron chi connectivity index (χ3n) is 1.32. The second kappa shape index (κ2) is 3.33. The molecule has 1 saturated heterocycles. The molecule has 1 aliphatic rings. The quantitative estimate of drug-likeness (QED) is 0.426. The lowest BCUT2D eigenvalue weighted by Gasteiger charge is -2.18. The van der Waals surface area contributed by atoms with Gasteiger partial charge in [0.05, 0.1) is 6.10 Å². The normalized spacial score (nSPS) is 23.6. The minimum Gasteiger partial charge on any atom is -0.381 e. The van der Waals surface area contributed by atoms with E-state index in [1.165, 1.54) is 0 Å². The molecule has 1 heterocycles. The van der Waals surface area contributed by atoms with Gasteiger partial charge in [0.15, 0.2) is 0 Å². The van der Waals surface area contributed by atoms with Crippen LogP contribution in [0.1, 0.15) is 12.8 Å². The largest absolute Gasteiger partial charge is 0.381 e. The monoisotopic (exact) mass is 134 g/mol. The van der Waals surface area contributed by atoms with Crippen LogP contribution in [0.4, 0.5) is 0 Å². The summed E-state index contributed by atoms with van der Waals surface area (Å²) in [4.78, 5) is 0. The van der Waals surface area contributed by atoms with Crippen LogP contribution in [-0.2, 0) is 8.92 Å². The van der Waals surface area contributed by atoms with Crippen LogP contribution >= 0.6 is 12.9 Å². The van der Waals surface area contributed by atoms with Crippen molar-refractivity contribution >= 4 is 12.9 Å². The first-order valence-electron chi connectivity index (χ1n) is 2.81. The molecule has 0 aromatic rings. The van der Waals surface area contributed by atoms with E-state index in [1.54, 1.807) is 0 Å². The second-order valence-electron chi connectivity index (χ2n) is 1.92. The van der Waals surface area contributed by atoms with Gasteiger partial charge in [-0.2, -0.15) is 0 Å². The van der Waals surface area contributed by atoms with E-state index in [4.69, 9.17) is 8.92 Å². The fourth-order valence-corrected chi connectivity index (χ4v) is 0.992. The maximum atomic E-state index is 5.09. The number of thiol groups is 1. The lowest BCUT2D eigenvalue weighted by molar-refractivity contribution is 0.0351. The standard InChI is InChI=1S/C5H10O2S/c8-7-5-1-3-6-4-2-5/h5,8H,1-4H2. The average Bonchev–Trinajstić information content (AvgIpc) is 1.90. The van der Waals surface area contributed by atoms with Gasteiger partial charge in [-0.25, -0.2) is 0 Å². The molecule has 0 amide bonds. The maximum Gasteiger partial charge on any atom is 0.0762 e. The molecule has 1 aliphatic heterocycles. The minimum atomic E-state index is 0.326. The van der Waals surface area contributed by atoms with E-state index >= 15 is 0 Å². The van der Waals surface area contributed by atoms with Crippen LogP contribution in [0.15, 0.2) is 0 Å². The Kier molecular flexibility index (Phi) is 2.66. The summed E-state index contributed by atoms with van der Waals surface area (Å²) in [5.41, 5.74) is 0. The molecular weight excluding hydrogens is 124 g/mol. The van der Waals surface area contributed by atoms with Crippen LogP contribution in [0, 0.1) is 0 Å². The summed E-state index contributed by atoms with van der Waals surface area (Å²) >= 11 is 3.71. The van der Waals surface area contributed by atoms with Crippen LogP contribution in [0.25, 0.3) is 0 Å². The molecule has 1 fully saturated rings. The molecule has 3 heteroatoms. The summed E-state index contributed by atoms with van der Waals surface area (Å²) in [6.45, 7) is 1.65. The maximum absolute atomic E-state index is 5.09. The highest BCUT2D eigenvalue weighted by atomic mass is 32.1. The third kappa shape index (κ3) is 1.65. The highest BCUT2D eigenvalue weighted by molar-refractivity contribution is 7.75. The molecule has 0 bridgehead atoms. The first-order chi connectivity index (χ1) is 3.93. The highest BCUT2D eigenvalue weighted by Crippen LogP contribution is 2.10. The summed E-state index contributed by atoms with van der Waals surface area (Å²) < 4.78 is 9.89. The van der Waals surface area contributed by atoms with Gasteiger partial charge in [-0.3, -0.25) is 0 Å². The third-order valence-corrected chi connectivity index (χ3v) is 1.62. The molecule has 0 aromatic carbocycles. The predicted octanol–water partition coefficient (Wildman–Crippen LogP) is 1.03. The smallest absolute Gasteiger partial charge is 0.0762 e. The van der Waals surface area contributed by atoms with Crippen LogP contribution in [0.2, 0.25) is 0 Å². The summed E-state index contributed by atoms with van der Waals surface area (Å²) in [6.07, 6.45) is 2.31. The van der Waals surface area contributed by atoms with E-state index < -0.39 is 0 Å². The van der Waals surface area contributed by atoms with Crippen molar-refractivity contribution in [3.05, 3.63) is 0 Å². The van der Waals surface area contributed by atoms with Gasteiger partial charge < -0.3 is 8.92 Å². The lowest BCUT2D eigenvalue weighted by atomic mass is 10.2. The van der Waals surface area contributed by atoms with Crippen LogP contribution < -0.4 is 0 Å². The molecule has 0 atom stereocenters. The molecule has 0 radical (unpaired) electrons. The van der Waals surface area contributed by atoms with E-state index in [0.717, 1.165) is 26.1 Å². The molecule has 48 valence electrons. The van der Waals surface area contributed by atoms with Crippen molar-refractivity contribution in [3.8, 4) is 0 Å². The number of hydrogen-bond acceptors (Lipinski definition) is 3. The van der Waals surface area contributed by atoms with E-state index in [9.17, 15) is 0 Å². The fraction of sp³-hybridized carbons (Fsp3) is 1.00. The predicted molar refractivity (Wildman–Crippen MR) is 33.9 cm³/mol. The van der Waals surface area contributed by atoms with Gasteiger partial charge in [-0.15, -0.1) is 0 Å². The van der Waals surface area contributed by atoms with Crippen LogP contribution in [0.3, 0.4) is 0 Å². The van der Waals surface area contributed by atoms with E-state index in [2.05, 4.69) is 12.9 Å². The second-order valence-corrected chi connectivity index (χ2v) is 2.13. The Morgan fingerprint density at radius 1 is 1.38 bits per heavy atom. The number of ether oxygens (including phenoxy) is 1. The van der Waals surface area contributed by atoms with Crippen molar-refractivity contribution in [3.63, 3.8) is 0 Å². The molecule has 0 N–H and O–H groups in total. The highest BCUT2D eigenvalue weighted by Gasteiger charge is 2.11. The van der Waals surface area contributed by atoms with Crippen LogP contribution in [0.5, 0.6) is 0 Å². The van der Waals surface area contributed by atoms with Crippen molar-refractivity contribution in [2.45, 2.75) is 18.9 Å². The number of hydrogen-bond donors (Lipinski definition) is 1. The fourth-order valence-electron chi connectivity index (χ4n) is 0.781. The van der Waals surface area contributed by atoms with Crippen molar-refractivity contribution in [2.24, 2.45) is 0 Å². The van der Waals surface area contributed by atoms with Gasteiger partial charge in [0, 0.05) is 13.2 Å². The summed E-state index contributed by atoms with van der Waals surface area (Å²) in [6, 6.07) is 0. The summed E-state index contributed by atoms with van der Waals surface area (Å²) in [5.74, 6) is 0.